The van der Waals surface area contributed by atoms with E-state index in [1.54, 1.807) is 26.8 Å². The molecule has 1 aromatic heterocycles. The highest BCUT2D eigenvalue weighted by atomic mass is 127. The molecule has 0 atom stereocenters. The van der Waals surface area contributed by atoms with Crippen LogP contribution >= 0.6 is 22.6 Å². The van der Waals surface area contributed by atoms with Gasteiger partial charge >= 0.3 is 6.09 Å². The molecule has 1 heterocycles. The number of anilines is 3. The van der Waals surface area contributed by atoms with Gasteiger partial charge in [0.05, 0.1) is 17.0 Å². The minimum absolute atomic E-state index is 0.0427. The van der Waals surface area contributed by atoms with Crippen molar-refractivity contribution in [2.24, 2.45) is 7.05 Å². The second-order valence-electron chi connectivity index (χ2n) is 11.8. The molecule has 236 valence electrons. The number of hydrogen-bond donors (Lipinski definition) is 1. The number of rotatable bonds is 11. The summed E-state index contributed by atoms with van der Waals surface area (Å²) < 4.78 is 55.5. The van der Waals surface area contributed by atoms with Crippen molar-refractivity contribution in [2.45, 2.75) is 63.9 Å². The van der Waals surface area contributed by atoms with Gasteiger partial charge in [-0.1, -0.05) is 30.3 Å². The molecule has 1 fully saturated rings. The smallest absolute Gasteiger partial charge is 0.429 e. The Morgan fingerprint density at radius 2 is 1.77 bits per heavy atom. The third kappa shape index (κ3) is 7.49. The highest BCUT2D eigenvalue weighted by molar-refractivity contribution is 14.1. The van der Waals surface area contributed by atoms with Gasteiger partial charge in [0.2, 0.25) is 0 Å². The van der Waals surface area contributed by atoms with Crippen LogP contribution in [0.1, 0.15) is 51.2 Å². The van der Waals surface area contributed by atoms with Crippen molar-refractivity contribution in [2.75, 3.05) is 16.2 Å². The second-order valence-corrected chi connectivity index (χ2v) is 15.2. The Bertz CT molecular complexity index is 1730. The van der Waals surface area contributed by atoms with Gasteiger partial charge < -0.3 is 14.8 Å². The van der Waals surface area contributed by atoms with Gasteiger partial charge in [-0.3, -0.25) is 14.2 Å². The Morgan fingerprint density at radius 1 is 1.11 bits per heavy atom. The molecule has 0 spiro atoms. The summed E-state index contributed by atoms with van der Waals surface area (Å²) in [4.78, 5) is 39.7. The number of carbonyl (C=O) groups is 2. The fourth-order valence-corrected chi connectivity index (χ4v) is 7.08. The number of pyridine rings is 1. The first-order valence-corrected chi connectivity index (χ1v) is 16.4. The fraction of sp³-hybridized carbons (Fsp3) is 0.387. The van der Waals surface area contributed by atoms with Crippen LogP contribution in [0.4, 0.5) is 26.4 Å². The minimum atomic E-state index is -4.63. The Kier molecular flexibility index (Phi) is 9.90. The van der Waals surface area contributed by atoms with Crippen molar-refractivity contribution in [1.82, 2.24) is 4.57 Å². The van der Waals surface area contributed by atoms with Crippen LogP contribution in [0.2, 0.25) is 0 Å². The van der Waals surface area contributed by atoms with Gasteiger partial charge in [-0.15, -0.1) is 0 Å². The molecule has 2 aromatic carbocycles. The Labute approximate surface area is 269 Å². The van der Waals surface area contributed by atoms with E-state index in [1.807, 2.05) is 52.9 Å². The number of amides is 1. The number of nitrogens with zero attached hydrogens (tertiary/aromatic N) is 2. The summed E-state index contributed by atoms with van der Waals surface area (Å²) in [7, 11) is -3.25. The highest BCUT2D eigenvalue weighted by Crippen LogP contribution is 2.50. The van der Waals surface area contributed by atoms with E-state index in [-0.39, 0.29) is 55.2 Å². The van der Waals surface area contributed by atoms with Gasteiger partial charge in [-0.05, 0) is 93.0 Å². The van der Waals surface area contributed by atoms with Crippen LogP contribution in [-0.4, -0.2) is 41.8 Å². The lowest BCUT2D eigenvalue weighted by molar-refractivity contribution is -0.124. The first-order valence-electron chi connectivity index (χ1n) is 13.9. The summed E-state index contributed by atoms with van der Waals surface area (Å²) in [5.41, 5.74) is -0.867. The Hall–Kier alpha value is -3.30. The Morgan fingerprint density at radius 3 is 2.36 bits per heavy atom. The molecule has 4 rings (SSSR count). The second kappa shape index (κ2) is 13.0. The summed E-state index contributed by atoms with van der Waals surface area (Å²) in [6, 6.07) is 14.8. The zero-order valence-electron chi connectivity index (χ0n) is 25.1. The van der Waals surface area contributed by atoms with Gasteiger partial charge in [0.1, 0.15) is 29.5 Å². The van der Waals surface area contributed by atoms with Crippen LogP contribution in [0, 0.1) is 16.3 Å². The van der Waals surface area contributed by atoms with E-state index >= 15 is 0 Å². The third-order valence-corrected chi connectivity index (χ3v) is 10.2. The van der Waals surface area contributed by atoms with Gasteiger partial charge in [0.15, 0.2) is 5.78 Å². The van der Waals surface area contributed by atoms with E-state index in [1.165, 1.54) is 32.2 Å². The largest absolute Gasteiger partial charge is 0.443 e. The zero-order valence-corrected chi connectivity index (χ0v) is 28.1. The summed E-state index contributed by atoms with van der Waals surface area (Å²) >= 11 is 1.95. The number of nitrogens with one attached hydrogen (secondary N) is 1. The monoisotopic (exact) mass is 739 g/mol. The van der Waals surface area contributed by atoms with Crippen molar-refractivity contribution in [1.29, 1.82) is 0 Å². The van der Waals surface area contributed by atoms with Crippen LogP contribution in [0.5, 0.6) is 0 Å². The highest BCUT2D eigenvalue weighted by Gasteiger charge is 2.60. The number of aryl methyl sites for hydroxylation is 1. The van der Waals surface area contributed by atoms with Crippen LogP contribution in [-0.2, 0) is 37.9 Å². The van der Waals surface area contributed by atoms with Gasteiger partial charge in [-0.25, -0.2) is 17.6 Å². The average Bonchev–Trinajstić information content (AvgIpc) is 3.71. The number of Topliss-reactive ketones (excluding diaryl/α,β-unsaturated/α-hetero) is 1. The molecule has 0 radical (unpaired) electrons. The maximum absolute atomic E-state index is 14.9. The third-order valence-electron chi connectivity index (χ3n) is 7.02. The molecule has 0 aliphatic heterocycles. The van der Waals surface area contributed by atoms with Crippen molar-refractivity contribution < 1.29 is 31.9 Å². The maximum Gasteiger partial charge on any atom is 0.429 e. The lowest BCUT2D eigenvalue weighted by Crippen LogP contribution is -2.48. The Balaban J connectivity index is 1.74. The van der Waals surface area contributed by atoms with Crippen LogP contribution in [0.15, 0.2) is 59.4 Å². The quantitative estimate of drug-likeness (QED) is 0.239. The molecule has 10 nitrogen and oxygen atoms in total. The van der Waals surface area contributed by atoms with Crippen molar-refractivity contribution >= 4 is 61.7 Å². The number of sulfonamides is 1. The number of carbonyl (C=O) groups excluding carboxylic acids is 2. The molecule has 1 amide bonds. The maximum atomic E-state index is 14.9. The minimum Gasteiger partial charge on any atom is -0.443 e. The molecule has 0 saturated heterocycles. The van der Waals surface area contributed by atoms with E-state index in [2.05, 4.69) is 5.32 Å². The summed E-state index contributed by atoms with van der Waals surface area (Å²) in [5.74, 6) is -1.24. The zero-order chi connectivity index (χ0) is 32.4. The van der Waals surface area contributed by atoms with E-state index in [0.29, 0.717) is 7.88 Å². The summed E-state index contributed by atoms with van der Waals surface area (Å²) in [6.07, 6.45) is -1.36. The van der Waals surface area contributed by atoms with Crippen molar-refractivity contribution in [3.63, 3.8) is 0 Å². The van der Waals surface area contributed by atoms with E-state index in [9.17, 15) is 27.2 Å². The molecule has 44 heavy (non-hydrogen) atoms. The number of ketones is 1. The predicted molar refractivity (Wildman–Crippen MR) is 174 cm³/mol. The molecule has 3 aromatic rings. The molecule has 13 heteroatoms. The predicted octanol–water partition coefficient (Wildman–Crippen LogP) is 5.96. The van der Waals surface area contributed by atoms with Crippen LogP contribution < -0.4 is 15.2 Å². The molecule has 1 aliphatic carbocycles. The molecule has 0 unspecified atom stereocenters. The van der Waals surface area contributed by atoms with Crippen LogP contribution in [0.25, 0.3) is 0 Å². The van der Waals surface area contributed by atoms with Gasteiger partial charge in [-0.2, -0.15) is 4.31 Å². The number of hydrogen-bond acceptors (Lipinski definition) is 8. The first-order chi connectivity index (χ1) is 20.5. The average molecular weight is 740 g/mol. The van der Waals surface area contributed by atoms with Gasteiger partial charge in [0, 0.05) is 22.6 Å². The van der Waals surface area contributed by atoms with E-state index in [0.717, 1.165) is 10.1 Å². The number of ether oxygens (including phenoxy) is 2. The number of halogens is 2. The molecule has 1 saturated carbocycles. The van der Waals surface area contributed by atoms with Crippen molar-refractivity contribution in [3.8, 4) is 0 Å². The molecule has 1 N–H and O–H groups in total. The fourth-order valence-electron chi connectivity index (χ4n) is 4.65. The normalized spacial score (nSPS) is 14.2. The van der Waals surface area contributed by atoms with Gasteiger partial charge in [0.25, 0.3) is 15.6 Å². The first kappa shape index (κ1) is 33.6. The van der Waals surface area contributed by atoms with Crippen LogP contribution in [0.3, 0.4) is 0 Å². The summed E-state index contributed by atoms with van der Waals surface area (Å²) in [5, 5.41) is 2.81. The lowest BCUT2D eigenvalue weighted by atomic mass is 10.2. The number of aromatic nitrogens is 1. The molecular weight excluding hydrogens is 704 g/mol. The van der Waals surface area contributed by atoms with E-state index in [4.69, 9.17) is 9.47 Å². The van der Waals surface area contributed by atoms with Crippen molar-refractivity contribution in [3.05, 3.63) is 85.5 Å². The topological polar surface area (TPSA) is 124 Å². The lowest BCUT2D eigenvalue weighted by Gasteiger charge is -2.32. The van der Waals surface area contributed by atoms with E-state index < -0.39 is 43.6 Å². The molecule has 1 aliphatic rings. The standard InChI is InChI=1S/C31H35FIN3O7S/c1-20-15-26(27(35(5)28(20)38)34-25-12-11-22(33)16-24(25)32)36(29(39)43-30(2,3)4)44(40,41)31(13-14-31)17-23(37)19-42-18-21-9-7-6-8-10-21/h6-12,15-16,34H,13-14,17-19H2,1-5H3. The number of benzene rings is 2. The molecule has 0 bridgehead atoms. The summed E-state index contributed by atoms with van der Waals surface area (Å²) in [6.45, 7) is 6.10. The SMILES string of the molecule is Cc1cc(N(C(=O)OC(C)(C)C)S(=O)(=O)C2(CC(=O)COCc3ccccc3)CC2)c(Nc2ccc(I)cc2F)n(C)c1=O. The molecular formula is C31H35FIN3O7S.